The molecular formula is C45H33N3OS2. The molecule has 246 valence electrons. The molecule has 0 saturated carbocycles. The van der Waals surface area contributed by atoms with Gasteiger partial charge < -0.3 is 4.42 Å². The van der Waals surface area contributed by atoms with E-state index in [0.717, 1.165) is 16.6 Å². The number of thiophene rings is 1. The number of benzene rings is 6. The lowest BCUT2D eigenvalue weighted by atomic mass is 9.89. The van der Waals surface area contributed by atoms with Crippen molar-refractivity contribution in [1.82, 2.24) is 16.0 Å². The number of allylic oxidation sites excluding steroid dienone is 3. The molecule has 8 aromatic rings. The molecule has 1 saturated heterocycles. The summed E-state index contributed by atoms with van der Waals surface area (Å²) < 4.78 is 9.17. The molecule has 5 atom stereocenters. The fraction of sp³-hybridized carbons (Fsp3) is 0.111. The number of rotatable bonds is 4. The molecule has 0 radical (unpaired) electrons. The Hall–Kier alpha value is -4.95. The van der Waals surface area contributed by atoms with Gasteiger partial charge in [0.1, 0.15) is 11.2 Å². The highest BCUT2D eigenvalue weighted by atomic mass is 32.2. The summed E-state index contributed by atoms with van der Waals surface area (Å²) in [5.41, 5.74) is 9.38. The smallest absolute Gasteiger partial charge is 0.136 e. The van der Waals surface area contributed by atoms with Crippen molar-refractivity contribution in [3.05, 3.63) is 174 Å². The summed E-state index contributed by atoms with van der Waals surface area (Å²) in [7, 11) is 0. The molecule has 5 unspecified atom stereocenters. The molecule has 4 nitrogen and oxygen atoms in total. The van der Waals surface area contributed by atoms with Crippen molar-refractivity contribution in [2.24, 2.45) is 0 Å². The molecular weight excluding hydrogens is 663 g/mol. The maximum absolute atomic E-state index is 6.55. The van der Waals surface area contributed by atoms with Gasteiger partial charge in [-0.3, -0.25) is 16.0 Å². The van der Waals surface area contributed by atoms with Gasteiger partial charge in [0.2, 0.25) is 0 Å². The molecule has 2 aromatic heterocycles. The second-order valence-corrected chi connectivity index (χ2v) is 15.9. The van der Waals surface area contributed by atoms with Crippen molar-refractivity contribution in [2.45, 2.75) is 34.6 Å². The first-order valence-electron chi connectivity index (χ1n) is 17.6. The van der Waals surface area contributed by atoms with Crippen molar-refractivity contribution in [3.8, 4) is 11.1 Å². The Kier molecular flexibility index (Phi) is 6.89. The summed E-state index contributed by atoms with van der Waals surface area (Å²) in [4.78, 5) is 1.38. The number of furan rings is 1. The summed E-state index contributed by atoms with van der Waals surface area (Å²) in [6.45, 7) is 0. The first-order chi connectivity index (χ1) is 25.3. The van der Waals surface area contributed by atoms with Gasteiger partial charge in [0.05, 0.1) is 18.5 Å². The van der Waals surface area contributed by atoms with E-state index in [2.05, 4.69) is 168 Å². The van der Waals surface area contributed by atoms with Gasteiger partial charge in [0, 0.05) is 47.0 Å². The first kappa shape index (κ1) is 29.7. The Balaban J connectivity index is 1.04. The van der Waals surface area contributed by atoms with Crippen LogP contribution in [0.5, 0.6) is 0 Å². The molecule has 6 aromatic carbocycles. The standard InChI is InChI=1S/C45H33N3OS2/c1-2-11-26(12-3-1)43-46-44(48-45(47-43)33-18-10-22-39-41(33)32-14-5-7-21-38(32)50-39)27-23-24-35-34(25-27)40-29(15-9-19-36(40)49-35)31-17-8-16-30-28-13-4-6-20-37(28)51-42(30)31/h1-25,28,37,43-48H. The summed E-state index contributed by atoms with van der Waals surface area (Å²) in [5.74, 6) is 0.419. The molecule has 1 fully saturated rings. The van der Waals surface area contributed by atoms with Crippen LogP contribution in [0.3, 0.4) is 0 Å². The fourth-order valence-corrected chi connectivity index (χ4v) is 11.0. The van der Waals surface area contributed by atoms with Gasteiger partial charge in [0.15, 0.2) is 0 Å². The average Bonchev–Trinajstić information content (AvgIpc) is 3.89. The lowest BCUT2D eigenvalue weighted by Gasteiger charge is -2.40. The first-order valence-corrected chi connectivity index (χ1v) is 19.3. The Bertz CT molecular complexity index is 2710. The molecule has 0 bridgehead atoms. The molecule has 2 aliphatic heterocycles. The van der Waals surface area contributed by atoms with Gasteiger partial charge in [-0.1, -0.05) is 121 Å². The van der Waals surface area contributed by atoms with Gasteiger partial charge in [-0.2, -0.15) is 0 Å². The molecule has 51 heavy (non-hydrogen) atoms. The topological polar surface area (TPSA) is 49.2 Å². The Morgan fingerprint density at radius 3 is 2.20 bits per heavy atom. The Morgan fingerprint density at radius 1 is 0.510 bits per heavy atom. The average molecular weight is 696 g/mol. The molecule has 0 amide bonds. The van der Waals surface area contributed by atoms with E-state index in [1.165, 1.54) is 63.8 Å². The maximum atomic E-state index is 6.55. The van der Waals surface area contributed by atoms with E-state index in [4.69, 9.17) is 4.42 Å². The van der Waals surface area contributed by atoms with Gasteiger partial charge in [0.25, 0.3) is 0 Å². The van der Waals surface area contributed by atoms with E-state index < -0.39 is 0 Å². The lowest BCUT2D eigenvalue weighted by Crippen LogP contribution is -2.54. The van der Waals surface area contributed by atoms with Crippen LogP contribution in [0.15, 0.2) is 161 Å². The molecule has 3 N–H and O–H groups in total. The van der Waals surface area contributed by atoms with Crippen LogP contribution in [0.2, 0.25) is 0 Å². The number of hydrogen-bond donors (Lipinski definition) is 3. The van der Waals surface area contributed by atoms with Crippen molar-refractivity contribution in [2.75, 3.05) is 0 Å². The minimum atomic E-state index is -0.124. The van der Waals surface area contributed by atoms with Gasteiger partial charge in [-0.15, -0.1) is 23.1 Å². The molecule has 4 heterocycles. The monoisotopic (exact) mass is 695 g/mol. The fourth-order valence-electron chi connectivity index (χ4n) is 8.42. The summed E-state index contributed by atoms with van der Waals surface area (Å²) in [6.07, 6.45) is 8.79. The van der Waals surface area contributed by atoms with E-state index in [9.17, 15) is 0 Å². The van der Waals surface area contributed by atoms with Crippen LogP contribution in [0, 0.1) is 0 Å². The third-order valence-electron chi connectivity index (χ3n) is 10.8. The SMILES string of the molecule is C1=CC2Sc3c(-c4cccc5oc6ccc(C7NC(c8ccccc8)NC(c8cccc9sc%10ccccc%10c89)N7)cc6c45)cccc3C2C=C1. The molecule has 6 heteroatoms. The number of fused-ring (bicyclic) bond motifs is 9. The molecule has 0 spiro atoms. The van der Waals surface area contributed by atoms with Gasteiger partial charge in [-0.05, 0) is 63.7 Å². The summed E-state index contributed by atoms with van der Waals surface area (Å²) in [5, 5.41) is 17.2. The van der Waals surface area contributed by atoms with E-state index in [1.54, 1.807) is 0 Å². The van der Waals surface area contributed by atoms with Crippen molar-refractivity contribution in [3.63, 3.8) is 0 Å². The van der Waals surface area contributed by atoms with E-state index in [-0.39, 0.29) is 18.5 Å². The normalized spacial score (nSPS) is 22.6. The third kappa shape index (κ3) is 4.79. The van der Waals surface area contributed by atoms with E-state index in [1.807, 2.05) is 23.1 Å². The van der Waals surface area contributed by atoms with Crippen molar-refractivity contribution < 1.29 is 4.42 Å². The Labute approximate surface area is 303 Å². The number of thioether (sulfide) groups is 1. The lowest BCUT2D eigenvalue weighted by molar-refractivity contribution is 0.204. The van der Waals surface area contributed by atoms with Crippen LogP contribution in [0.1, 0.15) is 46.7 Å². The number of nitrogens with one attached hydrogen (secondary N) is 3. The van der Waals surface area contributed by atoms with Crippen LogP contribution in [0.4, 0.5) is 0 Å². The number of hydrogen-bond acceptors (Lipinski definition) is 6. The summed E-state index contributed by atoms with van der Waals surface area (Å²) >= 11 is 3.85. The van der Waals surface area contributed by atoms with Crippen LogP contribution >= 0.6 is 23.1 Å². The highest BCUT2D eigenvalue weighted by Crippen LogP contribution is 2.53. The second kappa shape index (κ2) is 11.8. The van der Waals surface area contributed by atoms with E-state index in [0.29, 0.717) is 11.2 Å². The molecule has 1 aliphatic carbocycles. The molecule has 3 aliphatic rings. The zero-order valence-electron chi connectivity index (χ0n) is 27.5. The minimum Gasteiger partial charge on any atom is -0.456 e. The predicted molar refractivity (Wildman–Crippen MR) is 213 cm³/mol. The van der Waals surface area contributed by atoms with E-state index >= 15 is 0 Å². The largest absolute Gasteiger partial charge is 0.456 e. The third-order valence-corrected chi connectivity index (χ3v) is 13.3. The van der Waals surface area contributed by atoms with Crippen LogP contribution in [0.25, 0.3) is 53.2 Å². The Morgan fingerprint density at radius 2 is 1.25 bits per heavy atom. The second-order valence-electron chi connectivity index (χ2n) is 13.7. The minimum absolute atomic E-state index is 0.0643. The summed E-state index contributed by atoms with van der Waals surface area (Å²) in [6, 6.07) is 46.2. The van der Waals surface area contributed by atoms with Gasteiger partial charge >= 0.3 is 0 Å². The highest BCUT2D eigenvalue weighted by molar-refractivity contribution is 8.00. The molecule has 11 rings (SSSR count). The van der Waals surface area contributed by atoms with Crippen molar-refractivity contribution in [1.29, 1.82) is 0 Å². The zero-order valence-corrected chi connectivity index (χ0v) is 29.2. The predicted octanol–water partition coefficient (Wildman–Crippen LogP) is 11.5. The van der Waals surface area contributed by atoms with Crippen molar-refractivity contribution >= 4 is 65.2 Å². The van der Waals surface area contributed by atoms with Crippen LogP contribution in [-0.4, -0.2) is 5.25 Å². The van der Waals surface area contributed by atoms with Crippen LogP contribution < -0.4 is 16.0 Å². The quantitative estimate of drug-likeness (QED) is 0.171. The van der Waals surface area contributed by atoms with Crippen LogP contribution in [-0.2, 0) is 0 Å². The highest BCUT2D eigenvalue weighted by Gasteiger charge is 2.34. The zero-order chi connectivity index (χ0) is 33.5. The maximum Gasteiger partial charge on any atom is 0.136 e. The van der Waals surface area contributed by atoms with Gasteiger partial charge in [-0.25, -0.2) is 0 Å².